The minimum absolute atomic E-state index is 0.106. The van der Waals surface area contributed by atoms with Crippen LogP contribution < -0.4 is 0 Å². The smallest absolute Gasteiger partial charge is 0.462 e. The summed E-state index contributed by atoms with van der Waals surface area (Å²) in [5, 5.41) is 10.6. The summed E-state index contributed by atoms with van der Waals surface area (Å²) in [6.07, 6.45) is 54.5. The molecule has 0 saturated heterocycles. The molecule has 4 unspecified atom stereocenters. The maximum Gasteiger partial charge on any atom is 0.472 e. The van der Waals surface area contributed by atoms with E-state index in [1.807, 2.05) is 0 Å². The highest BCUT2D eigenvalue weighted by Gasteiger charge is 2.30. The number of phosphoric ester groups is 2. The van der Waals surface area contributed by atoms with Crippen molar-refractivity contribution in [1.29, 1.82) is 0 Å². The maximum atomic E-state index is 13.1. The predicted molar refractivity (Wildman–Crippen MR) is 400 cm³/mol. The molecule has 0 heterocycles. The number of rotatable bonds is 76. The van der Waals surface area contributed by atoms with Gasteiger partial charge in [0.05, 0.1) is 26.4 Å². The molecule has 0 aliphatic heterocycles. The highest BCUT2D eigenvalue weighted by molar-refractivity contribution is 7.47. The number of phosphoric acid groups is 2. The van der Waals surface area contributed by atoms with Crippen LogP contribution in [0.3, 0.4) is 0 Å². The summed E-state index contributed by atoms with van der Waals surface area (Å²) in [6.45, 7) is 14.2. The van der Waals surface area contributed by atoms with Crippen molar-refractivity contribution in [2.75, 3.05) is 39.6 Å². The third kappa shape index (κ3) is 71.1. The Morgan fingerprint density at radius 2 is 0.490 bits per heavy atom. The van der Waals surface area contributed by atoms with Crippen molar-refractivity contribution in [1.82, 2.24) is 0 Å². The van der Waals surface area contributed by atoms with Crippen LogP contribution >= 0.6 is 15.6 Å². The van der Waals surface area contributed by atoms with Crippen LogP contribution in [0, 0.1) is 23.7 Å². The van der Waals surface area contributed by atoms with Crippen LogP contribution in [0.1, 0.15) is 402 Å². The molecule has 3 N–H and O–H groups in total. The summed E-state index contributed by atoms with van der Waals surface area (Å²) < 4.78 is 68.5. The molecule has 17 nitrogen and oxygen atoms in total. The number of hydrogen-bond acceptors (Lipinski definition) is 15. The number of ether oxygens (including phenoxy) is 4. The van der Waals surface area contributed by atoms with Crippen LogP contribution in [-0.2, 0) is 65.4 Å². The van der Waals surface area contributed by atoms with Gasteiger partial charge in [0.2, 0.25) is 0 Å². The monoisotopic (exact) mass is 1440 g/mol. The van der Waals surface area contributed by atoms with Gasteiger partial charge in [-0.3, -0.25) is 37.3 Å². The Hall–Kier alpha value is -1.94. The minimum Gasteiger partial charge on any atom is -0.462 e. The number of unbranched alkanes of at least 4 members (excludes halogenated alkanes) is 41. The quantitative estimate of drug-likeness (QED) is 0.0222. The molecule has 0 aliphatic rings. The van der Waals surface area contributed by atoms with Gasteiger partial charge in [0, 0.05) is 25.7 Å². The summed E-state index contributed by atoms with van der Waals surface area (Å²) >= 11 is 0. The van der Waals surface area contributed by atoms with E-state index in [4.69, 9.17) is 37.0 Å². The first-order valence-corrected chi connectivity index (χ1v) is 43.7. The predicted octanol–water partition coefficient (Wildman–Crippen LogP) is 23.2. The molecule has 0 aromatic heterocycles. The maximum absolute atomic E-state index is 13.1. The molecule has 0 fully saturated rings. The van der Waals surface area contributed by atoms with Crippen LogP contribution in [0.2, 0.25) is 0 Å². The standard InChI is InChI=1S/C79H154O17P2/c1-9-72(8)58-50-42-36-38-44-52-60-77(82)90-66-75(96-79(84)62-54-46-34-30-26-22-18-14-16-20-24-28-32-40-48-56-70(4)5)68-94-98(87,88)92-64-73(80)63-91-97(85,86)93-67-74(65-89-76(81)59-51-43-37-35-41-49-57-71(6)7)95-78(83)61-53-45-33-29-25-21-17-13-11-10-12-15-19-23-27-31-39-47-55-69(2)3/h69-75,80H,9-68H2,1-8H3,(H,85,86)(H,87,88)/t72?,73?,74-,75-/m1/s1. The molecule has 98 heavy (non-hydrogen) atoms. The third-order valence-electron chi connectivity index (χ3n) is 18.7. The van der Waals surface area contributed by atoms with Crippen LogP contribution in [0.4, 0.5) is 0 Å². The van der Waals surface area contributed by atoms with E-state index in [9.17, 15) is 43.2 Å². The third-order valence-corrected chi connectivity index (χ3v) is 20.6. The molecule has 0 bridgehead atoms. The van der Waals surface area contributed by atoms with Crippen molar-refractivity contribution in [2.45, 2.75) is 420 Å². The van der Waals surface area contributed by atoms with E-state index in [2.05, 4.69) is 55.4 Å². The molecule has 0 aromatic carbocycles. The molecule has 582 valence electrons. The second-order valence-corrected chi connectivity index (χ2v) is 33.0. The first-order chi connectivity index (χ1) is 47.1. The Balaban J connectivity index is 5.15. The highest BCUT2D eigenvalue weighted by Crippen LogP contribution is 2.45. The van der Waals surface area contributed by atoms with Crippen LogP contribution in [0.15, 0.2) is 0 Å². The lowest BCUT2D eigenvalue weighted by Gasteiger charge is -2.21. The van der Waals surface area contributed by atoms with Gasteiger partial charge in [-0.1, -0.05) is 351 Å². The lowest BCUT2D eigenvalue weighted by atomic mass is 10.00. The van der Waals surface area contributed by atoms with Crippen molar-refractivity contribution >= 4 is 39.5 Å². The fourth-order valence-electron chi connectivity index (χ4n) is 12.0. The number of esters is 4. The van der Waals surface area contributed by atoms with Gasteiger partial charge >= 0.3 is 39.5 Å². The second kappa shape index (κ2) is 68.2. The summed E-state index contributed by atoms with van der Waals surface area (Å²) in [4.78, 5) is 72.8. The van der Waals surface area contributed by atoms with Crippen LogP contribution in [0.25, 0.3) is 0 Å². The normalized spacial score (nSPS) is 14.3. The molecule has 0 aromatic rings. The van der Waals surface area contributed by atoms with E-state index in [-0.39, 0.29) is 25.7 Å². The van der Waals surface area contributed by atoms with E-state index < -0.39 is 97.5 Å². The van der Waals surface area contributed by atoms with Gasteiger partial charge in [-0.05, 0) is 49.4 Å². The zero-order valence-electron chi connectivity index (χ0n) is 64.4. The number of carbonyl (C=O) groups is 4. The largest absolute Gasteiger partial charge is 0.472 e. The fourth-order valence-corrected chi connectivity index (χ4v) is 13.6. The first kappa shape index (κ1) is 96.1. The summed E-state index contributed by atoms with van der Waals surface area (Å²) in [5.74, 6) is 0.912. The van der Waals surface area contributed by atoms with Gasteiger partial charge in [-0.2, -0.15) is 0 Å². The van der Waals surface area contributed by atoms with Crippen molar-refractivity contribution in [2.24, 2.45) is 23.7 Å². The Morgan fingerprint density at radius 1 is 0.286 bits per heavy atom. The SMILES string of the molecule is CCC(C)CCCCCCCCC(=O)OC[C@H](COP(=O)(O)OCC(O)COP(=O)(O)OC[C@@H](COC(=O)CCCCCCCCC(C)C)OC(=O)CCCCCCCCCCCCCCCCCCCCC(C)C)OC(=O)CCCCCCCCCCCCCCCCCC(C)C. The van der Waals surface area contributed by atoms with Gasteiger partial charge in [-0.15, -0.1) is 0 Å². The summed E-state index contributed by atoms with van der Waals surface area (Å²) in [7, 11) is -9.92. The van der Waals surface area contributed by atoms with Crippen molar-refractivity contribution < 1.29 is 80.2 Å². The van der Waals surface area contributed by atoms with E-state index in [0.29, 0.717) is 31.6 Å². The topological polar surface area (TPSA) is 237 Å². The lowest BCUT2D eigenvalue weighted by molar-refractivity contribution is -0.161. The van der Waals surface area contributed by atoms with Crippen LogP contribution in [0.5, 0.6) is 0 Å². The average Bonchev–Trinajstić information content (AvgIpc) is 1.01. The second-order valence-electron chi connectivity index (χ2n) is 30.1. The number of aliphatic hydroxyl groups excluding tert-OH is 1. The van der Waals surface area contributed by atoms with E-state index >= 15 is 0 Å². The molecule has 0 spiro atoms. The van der Waals surface area contributed by atoms with Gasteiger partial charge in [0.15, 0.2) is 12.2 Å². The molecule has 0 radical (unpaired) electrons. The van der Waals surface area contributed by atoms with E-state index in [0.717, 1.165) is 120 Å². The van der Waals surface area contributed by atoms with Gasteiger partial charge in [0.25, 0.3) is 0 Å². The molecular weight excluding hydrogens is 1280 g/mol. The van der Waals surface area contributed by atoms with Crippen LogP contribution in [-0.4, -0.2) is 96.7 Å². The molecule has 0 rings (SSSR count). The van der Waals surface area contributed by atoms with Gasteiger partial charge in [0.1, 0.15) is 19.3 Å². The van der Waals surface area contributed by atoms with Crippen molar-refractivity contribution in [3.63, 3.8) is 0 Å². The number of hydrogen-bond donors (Lipinski definition) is 3. The van der Waals surface area contributed by atoms with E-state index in [1.165, 1.54) is 193 Å². The molecule has 0 saturated carbocycles. The Morgan fingerprint density at radius 3 is 0.724 bits per heavy atom. The van der Waals surface area contributed by atoms with Gasteiger partial charge < -0.3 is 33.8 Å². The Bertz CT molecular complexity index is 1920. The molecule has 0 amide bonds. The lowest BCUT2D eigenvalue weighted by Crippen LogP contribution is -2.30. The molecular formula is C79H154O17P2. The van der Waals surface area contributed by atoms with Gasteiger partial charge in [-0.25, -0.2) is 9.13 Å². The van der Waals surface area contributed by atoms with Crippen molar-refractivity contribution in [3.8, 4) is 0 Å². The highest BCUT2D eigenvalue weighted by atomic mass is 31.2. The number of carbonyl (C=O) groups excluding carboxylic acids is 4. The Labute approximate surface area is 600 Å². The number of aliphatic hydroxyl groups is 1. The zero-order chi connectivity index (χ0) is 72.4. The minimum atomic E-state index is -4.96. The summed E-state index contributed by atoms with van der Waals surface area (Å²) in [6, 6.07) is 0. The zero-order valence-corrected chi connectivity index (χ0v) is 66.2. The average molecular weight is 1440 g/mol. The summed E-state index contributed by atoms with van der Waals surface area (Å²) in [5.41, 5.74) is 0. The Kier molecular flexibility index (Phi) is 66.8. The molecule has 0 aliphatic carbocycles. The first-order valence-electron chi connectivity index (χ1n) is 40.7. The van der Waals surface area contributed by atoms with Crippen molar-refractivity contribution in [3.05, 3.63) is 0 Å². The fraction of sp³-hybridized carbons (Fsp3) is 0.949. The molecule has 6 atom stereocenters. The molecule has 19 heteroatoms. The van der Waals surface area contributed by atoms with E-state index in [1.54, 1.807) is 0 Å².